The molecule has 1 saturated heterocycles. The molecule has 1 aliphatic heterocycles. The quantitative estimate of drug-likeness (QED) is 0.920. The highest BCUT2D eigenvalue weighted by Gasteiger charge is 2.33. The van der Waals surface area contributed by atoms with E-state index in [0.29, 0.717) is 6.54 Å². The van der Waals surface area contributed by atoms with Crippen LogP contribution >= 0.6 is 15.9 Å². The Bertz CT molecular complexity index is 402. The molecule has 0 saturated carbocycles. The van der Waals surface area contributed by atoms with Crippen LogP contribution in [0.3, 0.4) is 0 Å². The monoisotopic (exact) mass is 314 g/mol. The first-order valence-corrected chi connectivity index (χ1v) is 6.78. The van der Waals surface area contributed by atoms with Crippen molar-refractivity contribution in [3.05, 3.63) is 28.2 Å². The Labute approximate surface area is 116 Å². The molecule has 1 heterocycles. The van der Waals surface area contributed by atoms with Gasteiger partial charge in [-0.05, 0) is 33.6 Å². The normalized spacial score (nSPS) is 23.7. The smallest absolute Gasteiger partial charge is 0.102 e. The van der Waals surface area contributed by atoms with Crippen molar-refractivity contribution in [2.75, 3.05) is 32.2 Å². The van der Waals surface area contributed by atoms with Gasteiger partial charge in [0.25, 0.3) is 0 Å². The summed E-state index contributed by atoms with van der Waals surface area (Å²) in [6.07, 6.45) is 0.243. The maximum atomic E-state index is 5.63. The average molecular weight is 315 g/mol. The standard InChI is InChI=1S/C13H19BrN2O2/c1-17-12-7-16(8-13(12)18-2)11-4-3-9(6-15)5-10(11)14/h3-5,12-13H,6-8,15H2,1-2H3. The van der Waals surface area contributed by atoms with Gasteiger partial charge in [-0.1, -0.05) is 6.07 Å². The van der Waals surface area contributed by atoms with Gasteiger partial charge in [-0.3, -0.25) is 0 Å². The van der Waals surface area contributed by atoms with Crippen LogP contribution in [0.25, 0.3) is 0 Å². The van der Waals surface area contributed by atoms with Gasteiger partial charge < -0.3 is 20.1 Å². The molecule has 0 spiro atoms. The van der Waals surface area contributed by atoms with Gasteiger partial charge in [-0.25, -0.2) is 0 Å². The number of methoxy groups -OCH3 is 2. The third-order valence-corrected chi connectivity index (χ3v) is 4.04. The van der Waals surface area contributed by atoms with Gasteiger partial charge >= 0.3 is 0 Å². The molecule has 0 aliphatic carbocycles. The number of rotatable bonds is 4. The summed E-state index contributed by atoms with van der Waals surface area (Å²) in [6.45, 7) is 2.24. The van der Waals surface area contributed by atoms with Crippen LogP contribution in [0, 0.1) is 0 Å². The summed E-state index contributed by atoms with van der Waals surface area (Å²) in [4.78, 5) is 2.27. The molecule has 2 N–H and O–H groups in total. The van der Waals surface area contributed by atoms with E-state index in [1.54, 1.807) is 14.2 Å². The van der Waals surface area contributed by atoms with E-state index >= 15 is 0 Å². The Morgan fingerprint density at radius 1 is 1.28 bits per heavy atom. The molecule has 1 aromatic carbocycles. The van der Waals surface area contributed by atoms with Gasteiger partial charge in [-0.2, -0.15) is 0 Å². The molecule has 0 aromatic heterocycles. The second kappa shape index (κ2) is 6.02. The molecule has 100 valence electrons. The zero-order valence-corrected chi connectivity index (χ0v) is 12.3. The van der Waals surface area contributed by atoms with Crippen LogP contribution in [0.5, 0.6) is 0 Å². The molecular weight excluding hydrogens is 296 g/mol. The van der Waals surface area contributed by atoms with E-state index < -0.39 is 0 Å². The van der Waals surface area contributed by atoms with Gasteiger partial charge in [-0.15, -0.1) is 0 Å². The minimum absolute atomic E-state index is 0.121. The number of hydrogen-bond donors (Lipinski definition) is 1. The van der Waals surface area contributed by atoms with Crippen LogP contribution in [0.1, 0.15) is 5.56 Å². The topological polar surface area (TPSA) is 47.7 Å². The highest BCUT2D eigenvalue weighted by atomic mass is 79.9. The molecule has 0 bridgehead atoms. The van der Waals surface area contributed by atoms with Crippen molar-refractivity contribution >= 4 is 21.6 Å². The number of nitrogens with zero attached hydrogens (tertiary/aromatic N) is 1. The second-order valence-electron chi connectivity index (χ2n) is 4.44. The number of hydrogen-bond acceptors (Lipinski definition) is 4. The third kappa shape index (κ3) is 2.69. The van der Waals surface area contributed by atoms with Gasteiger partial charge in [0.15, 0.2) is 0 Å². The lowest BCUT2D eigenvalue weighted by Gasteiger charge is -2.20. The van der Waals surface area contributed by atoms with Gasteiger partial charge in [0.2, 0.25) is 0 Å². The van der Waals surface area contributed by atoms with Crippen LogP contribution < -0.4 is 10.6 Å². The van der Waals surface area contributed by atoms with E-state index in [1.165, 1.54) is 0 Å². The number of ether oxygens (including phenoxy) is 2. The number of anilines is 1. The second-order valence-corrected chi connectivity index (χ2v) is 5.30. The number of halogens is 1. The summed E-state index contributed by atoms with van der Waals surface area (Å²) in [6, 6.07) is 6.22. The molecule has 0 radical (unpaired) electrons. The molecular formula is C13H19BrN2O2. The Kier molecular flexibility index (Phi) is 4.61. The zero-order chi connectivity index (χ0) is 13.1. The van der Waals surface area contributed by atoms with Gasteiger partial charge in [0.1, 0.15) is 12.2 Å². The lowest BCUT2D eigenvalue weighted by atomic mass is 10.2. The number of nitrogens with two attached hydrogens (primary N) is 1. The molecule has 2 unspecified atom stereocenters. The van der Waals surface area contributed by atoms with Crippen molar-refractivity contribution < 1.29 is 9.47 Å². The zero-order valence-electron chi connectivity index (χ0n) is 10.7. The van der Waals surface area contributed by atoms with Gasteiger partial charge in [0.05, 0.1) is 5.69 Å². The first-order chi connectivity index (χ1) is 8.69. The van der Waals surface area contributed by atoms with E-state index in [-0.39, 0.29) is 12.2 Å². The Morgan fingerprint density at radius 3 is 2.33 bits per heavy atom. The molecule has 2 atom stereocenters. The summed E-state index contributed by atoms with van der Waals surface area (Å²) in [5.74, 6) is 0. The van der Waals surface area contributed by atoms with Crippen molar-refractivity contribution in [2.24, 2.45) is 5.73 Å². The molecule has 18 heavy (non-hydrogen) atoms. The molecule has 1 fully saturated rings. The Morgan fingerprint density at radius 2 is 1.89 bits per heavy atom. The summed E-state index contributed by atoms with van der Waals surface area (Å²) in [7, 11) is 3.46. The predicted molar refractivity (Wildman–Crippen MR) is 75.8 cm³/mol. The minimum Gasteiger partial charge on any atom is -0.377 e. The fraction of sp³-hybridized carbons (Fsp3) is 0.538. The molecule has 4 nitrogen and oxygen atoms in total. The summed E-state index contributed by atoms with van der Waals surface area (Å²) in [5.41, 5.74) is 7.92. The lowest BCUT2D eigenvalue weighted by Crippen LogP contribution is -2.27. The van der Waals surface area contributed by atoms with E-state index in [4.69, 9.17) is 15.2 Å². The lowest BCUT2D eigenvalue weighted by molar-refractivity contribution is -0.00461. The van der Waals surface area contributed by atoms with Crippen LogP contribution in [0.2, 0.25) is 0 Å². The molecule has 1 aliphatic rings. The van der Waals surface area contributed by atoms with Crippen molar-refractivity contribution in [3.63, 3.8) is 0 Å². The van der Waals surface area contributed by atoms with Crippen molar-refractivity contribution in [1.82, 2.24) is 0 Å². The van der Waals surface area contributed by atoms with E-state index in [1.807, 2.05) is 0 Å². The van der Waals surface area contributed by atoms with Crippen LogP contribution in [-0.4, -0.2) is 39.5 Å². The highest BCUT2D eigenvalue weighted by Crippen LogP contribution is 2.31. The van der Waals surface area contributed by atoms with Crippen molar-refractivity contribution in [1.29, 1.82) is 0 Å². The summed E-state index contributed by atoms with van der Waals surface area (Å²) >= 11 is 3.60. The van der Waals surface area contributed by atoms with Crippen LogP contribution in [-0.2, 0) is 16.0 Å². The van der Waals surface area contributed by atoms with E-state index in [9.17, 15) is 0 Å². The SMILES string of the molecule is COC1CN(c2ccc(CN)cc2Br)CC1OC. The predicted octanol–water partition coefficient (Wildman–Crippen LogP) is 1.76. The largest absolute Gasteiger partial charge is 0.377 e. The average Bonchev–Trinajstić information content (AvgIpc) is 2.81. The summed E-state index contributed by atoms with van der Waals surface area (Å²) < 4.78 is 12.0. The highest BCUT2D eigenvalue weighted by molar-refractivity contribution is 9.10. The molecule has 5 heteroatoms. The Balaban J connectivity index is 2.18. The maximum absolute atomic E-state index is 5.63. The first kappa shape index (κ1) is 13.8. The molecule has 0 amide bonds. The van der Waals surface area contributed by atoms with E-state index in [2.05, 4.69) is 39.0 Å². The maximum Gasteiger partial charge on any atom is 0.102 e. The van der Waals surface area contributed by atoms with Crippen molar-refractivity contribution in [2.45, 2.75) is 18.8 Å². The fourth-order valence-electron chi connectivity index (χ4n) is 2.33. The third-order valence-electron chi connectivity index (χ3n) is 3.41. The van der Waals surface area contributed by atoms with Gasteiger partial charge in [0, 0.05) is 38.3 Å². The fourth-order valence-corrected chi connectivity index (χ4v) is 3.00. The first-order valence-electron chi connectivity index (χ1n) is 5.98. The Hall–Kier alpha value is -0.620. The summed E-state index contributed by atoms with van der Waals surface area (Å²) in [5, 5.41) is 0. The van der Waals surface area contributed by atoms with Crippen LogP contribution in [0.15, 0.2) is 22.7 Å². The number of benzene rings is 1. The minimum atomic E-state index is 0.121. The van der Waals surface area contributed by atoms with E-state index in [0.717, 1.165) is 28.8 Å². The van der Waals surface area contributed by atoms with Crippen LogP contribution in [0.4, 0.5) is 5.69 Å². The molecule has 2 rings (SSSR count). The van der Waals surface area contributed by atoms with Crippen molar-refractivity contribution in [3.8, 4) is 0 Å². The molecule has 1 aromatic rings.